The first-order valence-corrected chi connectivity index (χ1v) is 10.5. The van der Waals surface area contributed by atoms with Crippen molar-refractivity contribution < 1.29 is 5.11 Å². The Kier molecular flexibility index (Phi) is 13.2. The summed E-state index contributed by atoms with van der Waals surface area (Å²) in [7, 11) is 0. The molecule has 1 aliphatic carbocycles. The summed E-state index contributed by atoms with van der Waals surface area (Å²) in [5, 5.41) is 8.73. The summed E-state index contributed by atoms with van der Waals surface area (Å²) >= 11 is 0. The Morgan fingerprint density at radius 3 is 1.45 bits per heavy atom. The smallest absolute Gasteiger partial charge is 0.0431 e. The lowest BCUT2D eigenvalue weighted by Crippen LogP contribution is -1.87. The highest BCUT2D eigenvalue weighted by Crippen LogP contribution is 2.45. The van der Waals surface area contributed by atoms with Crippen molar-refractivity contribution in [3.63, 3.8) is 0 Å². The van der Waals surface area contributed by atoms with E-state index in [1.54, 1.807) is 6.42 Å². The molecule has 1 rings (SSSR count). The van der Waals surface area contributed by atoms with Crippen LogP contribution in [0.25, 0.3) is 0 Å². The zero-order chi connectivity index (χ0) is 15.9. The maximum Gasteiger partial charge on any atom is 0.0431 e. The fourth-order valence-electron chi connectivity index (χ4n) is 3.78. The monoisotopic (exact) mass is 310 g/mol. The molecular weight excluding hydrogens is 268 g/mol. The summed E-state index contributed by atoms with van der Waals surface area (Å²) in [5.74, 6) is 2.21. The molecule has 0 heterocycles. The molecule has 0 bridgehead atoms. The van der Waals surface area contributed by atoms with Crippen LogP contribution < -0.4 is 0 Å². The van der Waals surface area contributed by atoms with E-state index in [1.807, 2.05) is 0 Å². The number of hydrogen-bond acceptors (Lipinski definition) is 1. The summed E-state index contributed by atoms with van der Waals surface area (Å²) in [6, 6.07) is 0. The van der Waals surface area contributed by atoms with Crippen LogP contribution >= 0.6 is 0 Å². The molecule has 0 unspecified atom stereocenters. The molecule has 1 nitrogen and oxygen atoms in total. The number of unbranched alkanes of at least 4 members (excludes halogenated alkanes) is 12. The fourth-order valence-corrected chi connectivity index (χ4v) is 3.78. The van der Waals surface area contributed by atoms with E-state index in [4.69, 9.17) is 5.11 Å². The van der Waals surface area contributed by atoms with Crippen molar-refractivity contribution in [2.75, 3.05) is 6.61 Å². The second-order valence-electron chi connectivity index (χ2n) is 7.65. The van der Waals surface area contributed by atoms with Crippen LogP contribution in [0.15, 0.2) is 0 Å². The van der Waals surface area contributed by atoms with Gasteiger partial charge in [0.15, 0.2) is 0 Å². The van der Waals surface area contributed by atoms with Crippen molar-refractivity contribution >= 4 is 0 Å². The number of hydrogen-bond donors (Lipinski definition) is 1. The van der Waals surface area contributed by atoms with Crippen LogP contribution in [0.4, 0.5) is 0 Å². The summed E-state index contributed by atoms with van der Waals surface area (Å²) in [4.78, 5) is 0. The topological polar surface area (TPSA) is 20.2 Å². The summed E-state index contributed by atoms with van der Waals surface area (Å²) in [6.45, 7) is 2.67. The van der Waals surface area contributed by atoms with E-state index in [1.165, 1.54) is 96.3 Å². The Hall–Kier alpha value is -0.0400. The van der Waals surface area contributed by atoms with Gasteiger partial charge in [-0.05, 0) is 24.7 Å². The van der Waals surface area contributed by atoms with Crippen molar-refractivity contribution in [3.8, 4) is 0 Å². The molecule has 0 saturated heterocycles. The van der Waals surface area contributed by atoms with Crippen molar-refractivity contribution in [2.24, 2.45) is 11.8 Å². The molecule has 1 saturated carbocycles. The molecule has 1 N–H and O–H groups in total. The molecule has 0 radical (unpaired) electrons. The molecule has 0 aromatic carbocycles. The molecule has 1 aliphatic rings. The SMILES string of the molecule is CCCCCCCCCC[C@@H]1C[C@@H]1CCCCCCCCO. The second kappa shape index (κ2) is 14.5. The maximum atomic E-state index is 8.73. The first kappa shape index (κ1) is 20.0. The lowest BCUT2D eigenvalue weighted by atomic mass is 10.0. The highest BCUT2D eigenvalue weighted by molar-refractivity contribution is 4.85. The number of aliphatic hydroxyl groups is 1. The quantitative estimate of drug-likeness (QED) is 0.290. The van der Waals surface area contributed by atoms with Gasteiger partial charge in [-0.1, -0.05) is 103 Å². The van der Waals surface area contributed by atoms with Crippen LogP contribution in [0.5, 0.6) is 0 Å². The highest BCUT2D eigenvalue weighted by Gasteiger charge is 2.34. The molecule has 0 amide bonds. The van der Waals surface area contributed by atoms with Gasteiger partial charge < -0.3 is 5.11 Å². The van der Waals surface area contributed by atoms with Crippen LogP contribution in [0.1, 0.15) is 116 Å². The normalized spacial score (nSPS) is 20.5. The number of aliphatic hydroxyl groups excluding tert-OH is 1. The average Bonchev–Trinajstić information content (AvgIpc) is 3.27. The molecule has 2 atom stereocenters. The number of rotatable bonds is 17. The minimum atomic E-state index is 0.377. The van der Waals surface area contributed by atoms with Crippen LogP contribution in [0.3, 0.4) is 0 Å². The van der Waals surface area contributed by atoms with Gasteiger partial charge >= 0.3 is 0 Å². The Morgan fingerprint density at radius 2 is 1.00 bits per heavy atom. The van der Waals surface area contributed by atoms with E-state index in [0.29, 0.717) is 6.61 Å². The molecule has 132 valence electrons. The predicted octanol–water partition coefficient (Wildman–Crippen LogP) is 6.88. The fraction of sp³-hybridized carbons (Fsp3) is 1.00. The van der Waals surface area contributed by atoms with Gasteiger partial charge in [-0.25, -0.2) is 0 Å². The third-order valence-electron chi connectivity index (χ3n) is 5.48. The first-order valence-electron chi connectivity index (χ1n) is 10.5. The Labute approximate surface area is 140 Å². The highest BCUT2D eigenvalue weighted by atomic mass is 16.2. The third kappa shape index (κ3) is 11.5. The van der Waals surface area contributed by atoms with Crippen LogP contribution in [0.2, 0.25) is 0 Å². The van der Waals surface area contributed by atoms with E-state index < -0.39 is 0 Å². The minimum Gasteiger partial charge on any atom is -0.396 e. The van der Waals surface area contributed by atoms with Crippen molar-refractivity contribution in [1.82, 2.24) is 0 Å². The summed E-state index contributed by atoms with van der Waals surface area (Å²) in [5.41, 5.74) is 0. The van der Waals surface area contributed by atoms with Crippen molar-refractivity contribution in [2.45, 2.75) is 116 Å². The maximum absolute atomic E-state index is 8.73. The molecule has 0 aliphatic heterocycles. The summed E-state index contributed by atoms with van der Waals surface area (Å²) in [6.07, 6.45) is 24.1. The van der Waals surface area contributed by atoms with Gasteiger partial charge in [0.05, 0.1) is 0 Å². The molecular formula is C21H42O. The van der Waals surface area contributed by atoms with Gasteiger partial charge in [-0.3, -0.25) is 0 Å². The average molecular weight is 311 g/mol. The van der Waals surface area contributed by atoms with Crippen molar-refractivity contribution in [3.05, 3.63) is 0 Å². The molecule has 0 aromatic rings. The van der Waals surface area contributed by atoms with Gasteiger partial charge in [-0.15, -0.1) is 0 Å². The second-order valence-corrected chi connectivity index (χ2v) is 7.65. The van der Waals surface area contributed by atoms with Crippen molar-refractivity contribution in [1.29, 1.82) is 0 Å². The van der Waals surface area contributed by atoms with E-state index in [-0.39, 0.29) is 0 Å². The molecule has 0 aromatic heterocycles. The largest absolute Gasteiger partial charge is 0.396 e. The van der Waals surface area contributed by atoms with Crippen LogP contribution in [-0.2, 0) is 0 Å². The third-order valence-corrected chi connectivity index (χ3v) is 5.48. The first-order chi connectivity index (χ1) is 10.9. The van der Waals surface area contributed by atoms with E-state index in [9.17, 15) is 0 Å². The van der Waals surface area contributed by atoms with Gasteiger partial charge in [0, 0.05) is 6.61 Å². The van der Waals surface area contributed by atoms with Gasteiger partial charge in [-0.2, -0.15) is 0 Å². The van der Waals surface area contributed by atoms with Crippen LogP contribution in [-0.4, -0.2) is 11.7 Å². The van der Waals surface area contributed by atoms with Crippen LogP contribution in [0, 0.1) is 11.8 Å². The van der Waals surface area contributed by atoms with E-state index >= 15 is 0 Å². The standard InChI is InChI=1S/C21H42O/c1-2-3-4-5-6-7-10-13-16-20-19-21(20)17-14-11-8-9-12-15-18-22/h20-22H,2-19H2,1H3/t20-,21+/m1/s1. The molecule has 22 heavy (non-hydrogen) atoms. The van der Waals surface area contributed by atoms with E-state index in [0.717, 1.165) is 18.3 Å². The van der Waals surface area contributed by atoms with E-state index in [2.05, 4.69) is 6.92 Å². The lowest BCUT2D eigenvalue weighted by Gasteiger charge is -2.03. The zero-order valence-electron chi connectivity index (χ0n) is 15.3. The molecule has 0 spiro atoms. The Morgan fingerprint density at radius 1 is 0.591 bits per heavy atom. The summed E-state index contributed by atoms with van der Waals surface area (Å²) < 4.78 is 0. The minimum absolute atomic E-state index is 0.377. The van der Waals surface area contributed by atoms with Gasteiger partial charge in [0.1, 0.15) is 0 Å². The van der Waals surface area contributed by atoms with Gasteiger partial charge in [0.2, 0.25) is 0 Å². The van der Waals surface area contributed by atoms with Gasteiger partial charge in [0.25, 0.3) is 0 Å². The Balaban J connectivity index is 1.73. The molecule has 1 fully saturated rings. The lowest BCUT2D eigenvalue weighted by molar-refractivity contribution is 0.282. The Bertz CT molecular complexity index is 226. The molecule has 1 heteroatoms. The zero-order valence-corrected chi connectivity index (χ0v) is 15.3. The predicted molar refractivity (Wildman–Crippen MR) is 98.2 cm³/mol.